The third-order valence-corrected chi connectivity index (χ3v) is 2.67. The van der Waals surface area contributed by atoms with Crippen LogP contribution in [0.25, 0.3) is 0 Å². The Kier molecular flexibility index (Phi) is 3.86. The van der Waals surface area contributed by atoms with Crippen LogP contribution in [0.1, 0.15) is 17.2 Å². The third kappa shape index (κ3) is 2.47. The van der Waals surface area contributed by atoms with Crippen LogP contribution in [0.2, 0.25) is 0 Å². The van der Waals surface area contributed by atoms with E-state index in [1.54, 1.807) is 31.5 Å². The van der Waals surface area contributed by atoms with E-state index in [9.17, 15) is 4.39 Å². The molecule has 0 fully saturated rings. The zero-order valence-electron chi connectivity index (χ0n) is 9.93. The fraction of sp³-hybridized carbons (Fsp3) is 0.154. The summed E-state index contributed by atoms with van der Waals surface area (Å²) in [6.45, 7) is 0. The second-order valence-corrected chi connectivity index (χ2v) is 3.75. The number of hydrogen-bond donors (Lipinski definition) is 2. The minimum Gasteiger partial charge on any atom is -0.481 e. The molecule has 5 heteroatoms. The van der Waals surface area contributed by atoms with Crippen LogP contribution in [0.3, 0.4) is 0 Å². The molecule has 0 amide bonds. The fourth-order valence-electron chi connectivity index (χ4n) is 1.81. The van der Waals surface area contributed by atoms with Gasteiger partial charge >= 0.3 is 0 Å². The van der Waals surface area contributed by atoms with Crippen molar-refractivity contribution in [2.75, 3.05) is 7.11 Å². The van der Waals surface area contributed by atoms with Crippen molar-refractivity contribution in [3.8, 4) is 5.88 Å². The van der Waals surface area contributed by atoms with Crippen molar-refractivity contribution in [2.24, 2.45) is 5.84 Å². The Morgan fingerprint density at radius 3 is 2.61 bits per heavy atom. The molecule has 0 aliphatic rings. The fourth-order valence-corrected chi connectivity index (χ4v) is 1.81. The Labute approximate surface area is 105 Å². The maximum absolute atomic E-state index is 12.9. The van der Waals surface area contributed by atoms with Gasteiger partial charge in [0.15, 0.2) is 0 Å². The van der Waals surface area contributed by atoms with Crippen molar-refractivity contribution in [3.63, 3.8) is 0 Å². The summed E-state index contributed by atoms with van der Waals surface area (Å²) >= 11 is 0. The molecule has 0 saturated heterocycles. The van der Waals surface area contributed by atoms with Gasteiger partial charge < -0.3 is 4.74 Å². The first-order valence-corrected chi connectivity index (χ1v) is 5.46. The van der Waals surface area contributed by atoms with Gasteiger partial charge in [0.1, 0.15) is 5.82 Å². The minimum absolute atomic E-state index is 0.285. The smallest absolute Gasteiger partial charge is 0.218 e. The van der Waals surface area contributed by atoms with Crippen molar-refractivity contribution >= 4 is 0 Å². The van der Waals surface area contributed by atoms with E-state index in [2.05, 4.69) is 10.4 Å². The number of hydrazine groups is 1. The molecule has 0 spiro atoms. The molecule has 0 bridgehead atoms. The molecule has 94 valence electrons. The summed E-state index contributed by atoms with van der Waals surface area (Å²) in [7, 11) is 1.55. The summed E-state index contributed by atoms with van der Waals surface area (Å²) in [6, 6.07) is 9.49. The van der Waals surface area contributed by atoms with Gasteiger partial charge in [0, 0.05) is 11.8 Å². The summed E-state index contributed by atoms with van der Waals surface area (Å²) in [5.74, 6) is 5.78. The standard InChI is InChI=1S/C13H14FN3O/c1-18-13-11(3-2-8-16-13)12(17-15)9-4-6-10(14)7-5-9/h2-8,12,17H,15H2,1H3. The number of aromatic nitrogens is 1. The lowest BCUT2D eigenvalue weighted by Crippen LogP contribution is -2.29. The highest BCUT2D eigenvalue weighted by molar-refractivity contribution is 5.37. The largest absolute Gasteiger partial charge is 0.481 e. The van der Waals surface area contributed by atoms with E-state index in [4.69, 9.17) is 10.6 Å². The molecule has 4 nitrogen and oxygen atoms in total. The lowest BCUT2D eigenvalue weighted by atomic mass is 10.0. The van der Waals surface area contributed by atoms with Gasteiger partial charge in [-0.2, -0.15) is 0 Å². The lowest BCUT2D eigenvalue weighted by molar-refractivity contribution is 0.387. The van der Waals surface area contributed by atoms with Gasteiger partial charge in [0.25, 0.3) is 0 Å². The second kappa shape index (κ2) is 5.57. The Morgan fingerprint density at radius 1 is 1.28 bits per heavy atom. The molecule has 1 aromatic heterocycles. The maximum Gasteiger partial charge on any atom is 0.218 e. The quantitative estimate of drug-likeness (QED) is 0.638. The monoisotopic (exact) mass is 247 g/mol. The van der Waals surface area contributed by atoms with Gasteiger partial charge in [-0.15, -0.1) is 0 Å². The molecule has 1 aromatic carbocycles. The number of nitrogens with zero attached hydrogens (tertiary/aromatic N) is 1. The van der Waals surface area contributed by atoms with Crippen LogP contribution < -0.4 is 16.0 Å². The molecule has 1 unspecified atom stereocenters. The number of benzene rings is 1. The molecule has 2 aromatic rings. The van der Waals surface area contributed by atoms with Crippen LogP contribution in [-0.4, -0.2) is 12.1 Å². The highest BCUT2D eigenvalue weighted by atomic mass is 19.1. The van der Waals surface area contributed by atoms with E-state index < -0.39 is 0 Å². The van der Waals surface area contributed by atoms with Gasteiger partial charge in [-0.25, -0.2) is 14.8 Å². The van der Waals surface area contributed by atoms with E-state index in [0.29, 0.717) is 5.88 Å². The topological polar surface area (TPSA) is 60.2 Å². The zero-order valence-corrected chi connectivity index (χ0v) is 9.93. The number of rotatable bonds is 4. The number of methoxy groups -OCH3 is 1. The number of halogens is 1. The van der Waals surface area contributed by atoms with Crippen molar-refractivity contribution in [1.29, 1.82) is 0 Å². The van der Waals surface area contributed by atoms with Crippen LogP contribution >= 0.6 is 0 Å². The third-order valence-electron chi connectivity index (χ3n) is 2.67. The number of nitrogens with one attached hydrogen (secondary N) is 1. The van der Waals surface area contributed by atoms with Crippen molar-refractivity contribution in [3.05, 3.63) is 59.5 Å². The molecule has 1 atom stereocenters. The Bertz CT molecular complexity index is 516. The van der Waals surface area contributed by atoms with Crippen LogP contribution in [0.5, 0.6) is 5.88 Å². The zero-order chi connectivity index (χ0) is 13.0. The average Bonchev–Trinajstić information content (AvgIpc) is 2.42. The summed E-state index contributed by atoms with van der Waals surface area (Å²) in [4.78, 5) is 4.12. The van der Waals surface area contributed by atoms with E-state index >= 15 is 0 Å². The molecule has 1 heterocycles. The summed E-state index contributed by atoms with van der Waals surface area (Å²) < 4.78 is 18.1. The summed E-state index contributed by atoms with van der Waals surface area (Å²) in [5, 5.41) is 0. The molecule has 2 rings (SSSR count). The molecule has 0 aliphatic carbocycles. The first-order chi connectivity index (χ1) is 8.76. The van der Waals surface area contributed by atoms with Gasteiger partial charge in [0.05, 0.1) is 13.2 Å². The molecule has 3 N–H and O–H groups in total. The normalized spacial score (nSPS) is 12.2. The Hall–Kier alpha value is -1.98. The molecule has 0 aliphatic heterocycles. The molecular formula is C13H14FN3O. The molecule has 0 saturated carbocycles. The molecular weight excluding hydrogens is 233 g/mol. The first kappa shape index (κ1) is 12.5. The van der Waals surface area contributed by atoms with Crippen molar-refractivity contribution in [1.82, 2.24) is 10.4 Å². The predicted molar refractivity (Wildman–Crippen MR) is 66.4 cm³/mol. The molecule has 0 radical (unpaired) electrons. The SMILES string of the molecule is COc1ncccc1C(NN)c1ccc(F)cc1. The van der Waals surface area contributed by atoms with Crippen molar-refractivity contribution in [2.45, 2.75) is 6.04 Å². The van der Waals surface area contributed by atoms with E-state index in [1.807, 2.05) is 6.07 Å². The van der Waals surface area contributed by atoms with Crippen LogP contribution in [0, 0.1) is 5.82 Å². The number of nitrogens with two attached hydrogens (primary N) is 1. The summed E-state index contributed by atoms with van der Waals surface area (Å²) in [5.41, 5.74) is 4.32. The highest BCUT2D eigenvalue weighted by Crippen LogP contribution is 2.27. The van der Waals surface area contributed by atoms with Crippen LogP contribution in [-0.2, 0) is 0 Å². The number of ether oxygens (including phenoxy) is 1. The maximum atomic E-state index is 12.9. The number of hydrogen-bond acceptors (Lipinski definition) is 4. The predicted octanol–water partition coefficient (Wildman–Crippen LogP) is 1.78. The van der Waals surface area contributed by atoms with Gasteiger partial charge in [0.2, 0.25) is 5.88 Å². The summed E-state index contributed by atoms with van der Waals surface area (Å²) in [6.07, 6.45) is 1.64. The van der Waals surface area contributed by atoms with Crippen molar-refractivity contribution < 1.29 is 9.13 Å². The first-order valence-electron chi connectivity index (χ1n) is 5.46. The Morgan fingerprint density at radius 2 is 2.00 bits per heavy atom. The van der Waals surface area contributed by atoms with Gasteiger partial charge in [-0.3, -0.25) is 5.84 Å². The average molecular weight is 247 g/mol. The lowest BCUT2D eigenvalue weighted by Gasteiger charge is -2.18. The molecule has 18 heavy (non-hydrogen) atoms. The van der Waals surface area contributed by atoms with Crippen LogP contribution in [0.4, 0.5) is 4.39 Å². The van der Waals surface area contributed by atoms with E-state index in [0.717, 1.165) is 11.1 Å². The van der Waals surface area contributed by atoms with Gasteiger partial charge in [-0.05, 0) is 23.8 Å². The minimum atomic E-state index is -0.297. The van der Waals surface area contributed by atoms with Crippen LogP contribution in [0.15, 0.2) is 42.6 Å². The Balaban J connectivity index is 2.41. The van der Waals surface area contributed by atoms with E-state index in [1.165, 1.54) is 12.1 Å². The second-order valence-electron chi connectivity index (χ2n) is 3.75. The number of pyridine rings is 1. The van der Waals surface area contributed by atoms with Gasteiger partial charge in [-0.1, -0.05) is 18.2 Å². The van der Waals surface area contributed by atoms with E-state index in [-0.39, 0.29) is 11.9 Å². The highest BCUT2D eigenvalue weighted by Gasteiger charge is 2.17.